The molecular weight excluding hydrogens is 794 g/mol. The van der Waals surface area contributed by atoms with Crippen molar-refractivity contribution in [3.63, 3.8) is 0 Å². The molecule has 0 saturated carbocycles. The van der Waals surface area contributed by atoms with Gasteiger partial charge in [0.2, 0.25) is 0 Å². The summed E-state index contributed by atoms with van der Waals surface area (Å²) in [7, 11) is 0. The number of alkyl halides is 3. The molecule has 4 heterocycles. The summed E-state index contributed by atoms with van der Waals surface area (Å²) in [4.78, 5) is 13.8. The predicted octanol–water partition coefficient (Wildman–Crippen LogP) is 16.3. The van der Waals surface area contributed by atoms with Crippen molar-refractivity contribution in [1.29, 1.82) is 0 Å². The second kappa shape index (κ2) is 15.3. The van der Waals surface area contributed by atoms with Crippen LogP contribution in [0.3, 0.4) is 0 Å². The molecule has 4 nitrogen and oxygen atoms in total. The summed E-state index contributed by atoms with van der Waals surface area (Å²) in [5.74, 6) is 0.354. The van der Waals surface area contributed by atoms with E-state index < -0.39 is 11.7 Å². The first kappa shape index (κ1) is 39.4. The lowest BCUT2D eigenvalue weighted by atomic mass is 9.84. The summed E-state index contributed by atoms with van der Waals surface area (Å²) in [6.45, 7) is 10.8. The molecule has 0 unspecified atom stereocenters. The first-order valence-electron chi connectivity index (χ1n) is 20.9. The van der Waals surface area contributed by atoms with Crippen molar-refractivity contribution in [1.82, 2.24) is 14.5 Å². The van der Waals surface area contributed by atoms with Crippen LogP contribution >= 0.6 is 11.3 Å². The van der Waals surface area contributed by atoms with E-state index in [9.17, 15) is 0 Å². The molecule has 10 rings (SSSR count). The number of rotatable bonds is 8. The van der Waals surface area contributed by atoms with Crippen molar-refractivity contribution >= 4 is 71.3 Å². The van der Waals surface area contributed by atoms with Gasteiger partial charge in [-0.1, -0.05) is 113 Å². The number of nitrogens with zero attached hydrogens (tertiary/aromatic N) is 4. The monoisotopic (exact) mass is 836 g/mol. The normalized spacial score (nSPS) is 12.2. The van der Waals surface area contributed by atoms with Crippen LogP contribution in [0.4, 0.5) is 30.2 Å². The molecule has 0 aliphatic heterocycles. The van der Waals surface area contributed by atoms with Gasteiger partial charge < -0.3 is 4.90 Å². The molecule has 0 amide bonds. The van der Waals surface area contributed by atoms with Gasteiger partial charge >= 0.3 is 6.18 Å². The van der Waals surface area contributed by atoms with Gasteiger partial charge in [-0.25, -0.2) is 9.97 Å². The van der Waals surface area contributed by atoms with Crippen molar-refractivity contribution < 1.29 is 13.2 Å². The minimum atomic E-state index is -4.68. The Bertz CT molecular complexity index is 3250. The van der Waals surface area contributed by atoms with Crippen molar-refractivity contribution in [2.75, 3.05) is 4.90 Å². The van der Waals surface area contributed by atoms with Crippen LogP contribution in [0, 0.1) is 6.92 Å². The summed E-state index contributed by atoms with van der Waals surface area (Å²) >= 11 is 1.59. The van der Waals surface area contributed by atoms with E-state index in [4.69, 9.17) is 9.97 Å². The molecule has 10 aromatic rings. The molecule has 0 saturated heterocycles. The van der Waals surface area contributed by atoms with Gasteiger partial charge in [-0.05, 0) is 113 Å². The third-order valence-corrected chi connectivity index (χ3v) is 12.8. The average Bonchev–Trinajstić information content (AvgIpc) is 3.83. The lowest BCUT2D eigenvalue weighted by Gasteiger charge is -2.30. The minimum absolute atomic E-state index is 0.000729. The zero-order valence-electron chi connectivity index (χ0n) is 35.0. The number of halogens is 3. The molecule has 0 aliphatic rings. The van der Waals surface area contributed by atoms with Crippen LogP contribution in [0.25, 0.3) is 71.0 Å². The Morgan fingerprint density at radius 1 is 0.597 bits per heavy atom. The average molecular weight is 837 g/mol. The molecule has 0 aliphatic carbocycles. The van der Waals surface area contributed by atoms with Gasteiger partial charge in [0, 0.05) is 49.6 Å². The van der Waals surface area contributed by atoms with E-state index in [0.29, 0.717) is 22.6 Å². The first-order valence-corrected chi connectivity index (χ1v) is 21.8. The highest BCUT2D eigenvalue weighted by molar-refractivity contribution is 7.18. The molecule has 0 spiro atoms. The maximum Gasteiger partial charge on any atom is 0.418 e. The van der Waals surface area contributed by atoms with E-state index in [-0.39, 0.29) is 17.5 Å². The Morgan fingerprint density at radius 3 is 2.00 bits per heavy atom. The molecule has 0 fully saturated rings. The predicted molar refractivity (Wildman–Crippen MR) is 253 cm³/mol. The van der Waals surface area contributed by atoms with Gasteiger partial charge in [0.25, 0.3) is 0 Å². The number of aromatic nitrogens is 3. The molecule has 8 heteroatoms. The fourth-order valence-corrected chi connectivity index (χ4v) is 10.0. The molecule has 6 aromatic carbocycles. The van der Waals surface area contributed by atoms with Crippen molar-refractivity contribution in [3.05, 3.63) is 179 Å². The molecule has 0 N–H and O–H groups in total. The van der Waals surface area contributed by atoms with Gasteiger partial charge in [-0.2, -0.15) is 13.2 Å². The summed E-state index contributed by atoms with van der Waals surface area (Å²) < 4.78 is 49.1. The highest BCUT2D eigenvalue weighted by Gasteiger charge is 2.36. The smallest absolute Gasteiger partial charge is 0.310 e. The summed E-state index contributed by atoms with van der Waals surface area (Å²) in [5, 5.41) is 4.96. The zero-order chi connectivity index (χ0) is 42.9. The number of pyridine rings is 2. The van der Waals surface area contributed by atoms with Crippen molar-refractivity contribution in [3.8, 4) is 28.1 Å². The Hall–Kier alpha value is -6.77. The number of hydrogen-bond donors (Lipinski definition) is 0. The number of hydrogen-bond acceptors (Lipinski definition) is 4. The van der Waals surface area contributed by atoms with Crippen LogP contribution < -0.4 is 4.90 Å². The zero-order valence-corrected chi connectivity index (χ0v) is 35.8. The van der Waals surface area contributed by atoms with Gasteiger partial charge in [0.05, 0.1) is 28.1 Å². The van der Waals surface area contributed by atoms with Crippen LogP contribution in [0.5, 0.6) is 0 Å². The van der Waals surface area contributed by atoms with Crippen LogP contribution in [0.2, 0.25) is 0 Å². The maximum atomic E-state index is 15.7. The number of anilines is 3. The minimum Gasteiger partial charge on any atom is -0.310 e. The SMILES string of the molecule is Cc1cc2c(nc(-c3ccc(C(F)(F)F)c(N(c4ccccc4)c4cc(-c5c(C(C)C)cccc5C(C)C)cc(-n5c6ccccc6c6cccnc65)c4)c3)c3ccccc32)s1. The quantitative estimate of drug-likeness (QED) is 0.153. The topological polar surface area (TPSA) is 34.0 Å². The first-order chi connectivity index (χ1) is 30.0. The second-order valence-corrected chi connectivity index (χ2v) is 17.8. The standard InChI is InChI=1S/C54H43F3N4S/c1-32(2)40-20-13-21-41(33(3)4)50(40)36-28-38(31-39(29-36)61-48-23-12-11-18-43(48)45-22-14-26-58-52(45)61)60(37-15-7-6-8-16-37)49-30-35(24-25-47(49)54(55,56)57)51-44-19-10-9-17-42(44)46-27-34(5)62-53(46)59-51/h6-33H,1-5H3. The summed E-state index contributed by atoms with van der Waals surface area (Å²) in [6.07, 6.45) is -2.89. The lowest BCUT2D eigenvalue weighted by molar-refractivity contribution is -0.137. The van der Waals surface area contributed by atoms with Crippen LogP contribution in [0.1, 0.15) is 61.1 Å². The number of thiophene rings is 1. The highest BCUT2D eigenvalue weighted by Crippen LogP contribution is 2.48. The fraction of sp³-hybridized carbons (Fsp3) is 0.148. The van der Waals surface area contributed by atoms with Gasteiger partial charge in [-0.15, -0.1) is 11.3 Å². The molecule has 4 aromatic heterocycles. The Labute approximate surface area is 362 Å². The molecular formula is C54H43F3N4S. The third-order valence-electron chi connectivity index (χ3n) is 11.9. The molecule has 0 atom stereocenters. The lowest BCUT2D eigenvalue weighted by Crippen LogP contribution is -2.17. The largest absolute Gasteiger partial charge is 0.418 e. The fourth-order valence-electron chi connectivity index (χ4n) is 9.13. The van der Waals surface area contributed by atoms with Crippen LogP contribution in [-0.4, -0.2) is 14.5 Å². The second-order valence-electron chi connectivity index (χ2n) is 16.6. The maximum absolute atomic E-state index is 15.7. The summed E-state index contributed by atoms with van der Waals surface area (Å²) in [5.41, 5.74) is 8.46. The van der Waals surface area contributed by atoms with Crippen LogP contribution in [-0.2, 0) is 6.18 Å². The Balaban J connectivity index is 1.32. The van der Waals surface area contributed by atoms with Crippen LogP contribution in [0.15, 0.2) is 158 Å². The molecule has 62 heavy (non-hydrogen) atoms. The van der Waals surface area contributed by atoms with Crippen molar-refractivity contribution in [2.24, 2.45) is 0 Å². The Kier molecular flexibility index (Phi) is 9.71. The van der Waals surface area contributed by atoms with E-state index in [2.05, 4.69) is 99.8 Å². The van der Waals surface area contributed by atoms with Gasteiger partial charge in [-0.3, -0.25) is 4.57 Å². The highest BCUT2D eigenvalue weighted by atomic mass is 32.1. The van der Waals surface area contributed by atoms with E-state index >= 15 is 13.2 Å². The van der Waals surface area contributed by atoms with Gasteiger partial charge in [0.15, 0.2) is 0 Å². The van der Waals surface area contributed by atoms with E-state index in [0.717, 1.165) is 64.6 Å². The number of aryl methyl sites for hydroxylation is 1. The van der Waals surface area contributed by atoms with E-state index in [1.165, 1.54) is 17.2 Å². The number of fused-ring (bicyclic) bond motifs is 6. The third kappa shape index (κ3) is 6.70. The van der Waals surface area contributed by atoms with E-state index in [1.54, 1.807) is 34.6 Å². The van der Waals surface area contributed by atoms with Gasteiger partial charge in [0.1, 0.15) is 10.5 Å². The summed E-state index contributed by atoms with van der Waals surface area (Å²) in [6, 6.07) is 48.9. The molecule has 0 bridgehead atoms. The van der Waals surface area contributed by atoms with Crippen molar-refractivity contribution in [2.45, 2.75) is 52.6 Å². The number of para-hydroxylation sites is 2. The number of benzene rings is 6. The van der Waals surface area contributed by atoms with E-state index in [1.807, 2.05) is 72.8 Å². The Morgan fingerprint density at radius 2 is 1.27 bits per heavy atom. The molecule has 306 valence electrons. The molecule has 0 radical (unpaired) electrons.